The van der Waals surface area contributed by atoms with E-state index in [0.717, 1.165) is 12.0 Å². The molecule has 1 aromatic carbocycles. The molecule has 3 rings (SSSR count). The number of hydrogen-bond acceptors (Lipinski definition) is 5. The number of phenolic OH excluding ortho intramolecular Hbond substituents is 1. The fourth-order valence-electron chi connectivity index (χ4n) is 2.82. The van der Waals surface area contributed by atoms with Gasteiger partial charge in [0.15, 0.2) is 9.84 Å². The van der Waals surface area contributed by atoms with E-state index in [4.69, 9.17) is 0 Å². The predicted octanol–water partition coefficient (Wildman–Crippen LogP) is 2.87. The third kappa shape index (κ3) is 3.28. The zero-order valence-corrected chi connectivity index (χ0v) is 14.3. The van der Waals surface area contributed by atoms with Crippen molar-refractivity contribution in [1.82, 2.24) is 4.98 Å². The van der Waals surface area contributed by atoms with Crippen molar-refractivity contribution in [2.75, 3.05) is 23.7 Å². The maximum absolute atomic E-state index is 12.3. The summed E-state index contributed by atoms with van der Waals surface area (Å²) in [5, 5.41) is 9.38. The number of benzene rings is 1. The second-order valence-electron chi connectivity index (χ2n) is 5.70. The fraction of sp³-hybridized carbons (Fsp3) is 0.278. The van der Waals surface area contributed by atoms with Crippen molar-refractivity contribution in [2.45, 2.75) is 18.2 Å². The molecule has 126 valence electrons. The number of hydrogen-bond donors (Lipinski definition) is 1. The maximum atomic E-state index is 12.3. The van der Waals surface area contributed by atoms with Crippen molar-refractivity contribution in [2.24, 2.45) is 0 Å². The summed E-state index contributed by atoms with van der Waals surface area (Å²) in [5.41, 5.74) is 2.27. The molecule has 0 bridgehead atoms. The highest BCUT2D eigenvalue weighted by Gasteiger charge is 2.23. The molecule has 1 aliphatic rings. The zero-order valence-electron chi connectivity index (χ0n) is 13.5. The zero-order chi connectivity index (χ0) is 17.2. The molecular weight excluding hydrogens is 324 g/mol. The number of phenols is 1. The quantitative estimate of drug-likeness (QED) is 0.923. The Morgan fingerprint density at radius 3 is 2.58 bits per heavy atom. The molecule has 1 aromatic heterocycles. The highest BCUT2D eigenvalue weighted by molar-refractivity contribution is 7.91. The Morgan fingerprint density at radius 2 is 1.96 bits per heavy atom. The third-order valence-electron chi connectivity index (χ3n) is 4.21. The summed E-state index contributed by atoms with van der Waals surface area (Å²) in [7, 11) is -3.30. The Bertz CT molecular complexity index is 858. The van der Waals surface area contributed by atoms with Crippen LogP contribution >= 0.6 is 0 Å². The summed E-state index contributed by atoms with van der Waals surface area (Å²) in [6.07, 6.45) is 4.52. The number of rotatable bonds is 4. The standard InChI is InChI=1S/C18H20N2O3S/c1-2-24(22,23)17-4-3-11-19-18(17)20-12-9-15(10-13-20)14-5-7-16(21)8-6-14/h3-9,11,21H,2,10,12-13H2,1H3. The number of aromatic nitrogens is 1. The van der Waals surface area contributed by atoms with Gasteiger partial charge in [-0.15, -0.1) is 0 Å². The molecule has 6 heteroatoms. The molecule has 0 amide bonds. The van der Waals surface area contributed by atoms with Gasteiger partial charge in [0.05, 0.1) is 5.75 Å². The lowest BCUT2D eigenvalue weighted by Gasteiger charge is -2.29. The SMILES string of the molecule is CCS(=O)(=O)c1cccnc1N1CC=C(c2ccc(O)cc2)CC1. The second-order valence-corrected chi connectivity index (χ2v) is 7.95. The van der Waals surface area contributed by atoms with Gasteiger partial charge < -0.3 is 10.0 Å². The topological polar surface area (TPSA) is 70.5 Å². The summed E-state index contributed by atoms with van der Waals surface area (Å²) in [6.45, 7) is 2.96. The summed E-state index contributed by atoms with van der Waals surface area (Å²) < 4.78 is 24.6. The van der Waals surface area contributed by atoms with E-state index in [9.17, 15) is 13.5 Å². The van der Waals surface area contributed by atoms with Crippen LogP contribution in [0.15, 0.2) is 53.6 Å². The largest absolute Gasteiger partial charge is 0.508 e. The van der Waals surface area contributed by atoms with Crippen LogP contribution in [0.25, 0.3) is 5.57 Å². The van der Waals surface area contributed by atoms with Crippen molar-refractivity contribution >= 4 is 21.2 Å². The van der Waals surface area contributed by atoms with E-state index < -0.39 is 9.84 Å². The number of pyridine rings is 1. The van der Waals surface area contributed by atoms with E-state index in [2.05, 4.69) is 11.1 Å². The van der Waals surface area contributed by atoms with Crippen LogP contribution < -0.4 is 4.90 Å². The molecule has 0 fully saturated rings. The molecule has 24 heavy (non-hydrogen) atoms. The first kappa shape index (κ1) is 16.5. The number of sulfone groups is 1. The van der Waals surface area contributed by atoms with Crippen LogP contribution in [0.2, 0.25) is 0 Å². The van der Waals surface area contributed by atoms with Crippen LogP contribution in [-0.4, -0.2) is 37.4 Å². The lowest BCUT2D eigenvalue weighted by molar-refractivity contribution is 0.475. The Labute approximate surface area is 142 Å². The molecule has 0 unspecified atom stereocenters. The molecule has 0 aliphatic carbocycles. The van der Waals surface area contributed by atoms with Gasteiger partial charge >= 0.3 is 0 Å². The van der Waals surface area contributed by atoms with Crippen LogP contribution in [-0.2, 0) is 9.84 Å². The van der Waals surface area contributed by atoms with Crippen LogP contribution in [0.1, 0.15) is 18.9 Å². The van der Waals surface area contributed by atoms with E-state index in [-0.39, 0.29) is 11.5 Å². The van der Waals surface area contributed by atoms with Crippen LogP contribution in [0.3, 0.4) is 0 Å². The highest BCUT2D eigenvalue weighted by Crippen LogP contribution is 2.29. The molecule has 0 saturated heterocycles. The van der Waals surface area contributed by atoms with E-state index in [1.807, 2.05) is 17.0 Å². The molecule has 1 aliphatic heterocycles. The van der Waals surface area contributed by atoms with Crippen LogP contribution in [0.5, 0.6) is 5.75 Å². The molecule has 2 heterocycles. The average molecular weight is 344 g/mol. The first-order valence-electron chi connectivity index (χ1n) is 7.92. The van der Waals surface area contributed by atoms with Gasteiger partial charge in [0.2, 0.25) is 0 Å². The predicted molar refractivity (Wildman–Crippen MR) is 94.9 cm³/mol. The number of nitrogens with zero attached hydrogens (tertiary/aromatic N) is 2. The first-order chi connectivity index (χ1) is 11.5. The molecule has 0 radical (unpaired) electrons. The molecule has 0 spiro atoms. The van der Waals surface area contributed by atoms with Crippen molar-refractivity contribution in [3.8, 4) is 5.75 Å². The summed E-state index contributed by atoms with van der Waals surface area (Å²) in [4.78, 5) is 6.60. The normalized spacial score (nSPS) is 15.2. The molecule has 0 atom stereocenters. The van der Waals surface area contributed by atoms with Gasteiger partial charge in [-0.25, -0.2) is 13.4 Å². The van der Waals surface area contributed by atoms with Crippen molar-refractivity contribution in [1.29, 1.82) is 0 Å². The maximum Gasteiger partial charge on any atom is 0.181 e. The van der Waals surface area contributed by atoms with E-state index in [1.54, 1.807) is 37.4 Å². The van der Waals surface area contributed by atoms with E-state index in [1.165, 1.54) is 5.57 Å². The van der Waals surface area contributed by atoms with Gasteiger partial charge in [0.1, 0.15) is 16.5 Å². The lowest BCUT2D eigenvalue weighted by Crippen LogP contribution is -2.30. The first-order valence-corrected chi connectivity index (χ1v) is 9.57. The average Bonchev–Trinajstić information content (AvgIpc) is 2.62. The Morgan fingerprint density at radius 1 is 1.21 bits per heavy atom. The molecule has 2 aromatic rings. The van der Waals surface area contributed by atoms with Crippen molar-refractivity contribution < 1.29 is 13.5 Å². The summed E-state index contributed by atoms with van der Waals surface area (Å²) >= 11 is 0. The number of anilines is 1. The highest BCUT2D eigenvalue weighted by atomic mass is 32.2. The van der Waals surface area contributed by atoms with Gasteiger partial charge in [0.25, 0.3) is 0 Å². The lowest BCUT2D eigenvalue weighted by atomic mass is 9.99. The number of aromatic hydroxyl groups is 1. The minimum atomic E-state index is -3.30. The van der Waals surface area contributed by atoms with Gasteiger partial charge in [0, 0.05) is 19.3 Å². The van der Waals surface area contributed by atoms with Crippen molar-refractivity contribution in [3.63, 3.8) is 0 Å². The minimum absolute atomic E-state index is 0.0636. The van der Waals surface area contributed by atoms with Gasteiger partial charge in [-0.05, 0) is 41.8 Å². The Balaban J connectivity index is 1.86. The van der Waals surface area contributed by atoms with E-state index in [0.29, 0.717) is 23.8 Å². The van der Waals surface area contributed by atoms with E-state index >= 15 is 0 Å². The van der Waals surface area contributed by atoms with Gasteiger partial charge in [-0.2, -0.15) is 0 Å². The van der Waals surface area contributed by atoms with Gasteiger partial charge in [-0.3, -0.25) is 0 Å². The smallest absolute Gasteiger partial charge is 0.181 e. The van der Waals surface area contributed by atoms with Crippen molar-refractivity contribution in [3.05, 3.63) is 54.2 Å². The Kier molecular flexibility index (Phi) is 4.57. The Hall–Kier alpha value is -2.34. The monoisotopic (exact) mass is 344 g/mol. The molecular formula is C18H20N2O3S. The molecule has 5 nitrogen and oxygen atoms in total. The minimum Gasteiger partial charge on any atom is -0.508 e. The third-order valence-corrected chi connectivity index (χ3v) is 5.96. The molecule has 0 saturated carbocycles. The second kappa shape index (κ2) is 6.65. The summed E-state index contributed by atoms with van der Waals surface area (Å²) in [5.74, 6) is 0.841. The summed E-state index contributed by atoms with van der Waals surface area (Å²) in [6, 6.07) is 10.4. The van der Waals surface area contributed by atoms with Crippen LogP contribution in [0, 0.1) is 0 Å². The fourth-order valence-corrected chi connectivity index (χ4v) is 3.87. The molecule has 1 N–H and O–H groups in total. The van der Waals surface area contributed by atoms with Gasteiger partial charge in [-0.1, -0.05) is 25.1 Å². The van der Waals surface area contributed by atoms with Crippen LogP contribution in [0.4, 0.5) is 5.82 Å².